The van der Waals surface area contributed by atoms with E-state index < -0.39 is 11.9 Å². The minimum Gasteiger partial charge on any atom is -0.494 e. The summed E-state index contributed by atoms with van der Waals surface area (Å²) < 4.78 is 5.56. The number of methoxy groups -OCH3 is 1. The number of amides is 3. The molecule has 0 saturated carbocycles. The summed E-state index contributed by atoms with van der Waals surface area (Å²) in [6.45, 7) is 2.41. The van der Waals surface area contributed by atoms with Gasteiger partial charge < -0.3 is 20.7 Å². The number of piperidine rings is 2. The molecule has 2 saturated heterocycles. The van der Waals surface area contributed by atoms with Crippen LogP contribution in [0.5, 0.6) is 5.75 Å². The lowest BCUT2D eigenvalue weighted by Crippen LogP contribution is -2.52. The van der Waals surface area contributed by atoms with Gasteiger partial charge in [-0.25, -0.2) is 0 Å². The van der Waals surface area contributed by atoms with Crippen LogP contribution in [0.25, 0.3) is 0 Å². The number of para-hydroxylation sites is 1. The maximum atomic E-state index is 12.8. The molecule has 3 amide bonds. The zero-order chi connectivity index (χ0) is 19.4. The molecule has 1 aromatic carbocycles. The molecule has 1 unspecified atom stereocenters. The molecular weight excluding hydrogens is 348 g/mol. The number of imide groups is 1. The van der Waals surface area contributed by atoms with Gasteiger partial charge in [-0.2, -0.15) is 0 Å². The first-order chi connectivity index (χ1) is 13.0. The van der Waals surface area contributed by atoms with Crippen LogP contribution in [0.1, 0.15) is 36.0 Å². The van der Waals surface area contributed by atoms with Gasteiger partial charge in [-0.15, -0.1) is 0 Å². The van der Waals surface area contributed by atoms with Gasteiger partial charge in [-0.05, 0) is 43.9 Å². The first-order valence-electron chi connectivity index (χ1n) is 9.30. The van der Waals surface area contributed by atoms with Crippen LogP contribution in [0.2, 0.25) is 0 Å². The van der Waals surface area contributed by atoms with Gasteiger partial charge in [0.25, 0.3) is 5.91 Å². The first-order valence-corrected chi connectivity index (χ1v) is 9.30. The molecule has 2 fully saturated rings. The van der Waals surface area contributed by atoms with Crippen molar-refractivity contribution in [3.63, 3.8) is 0 Å². The van der Waals surface area contributed by atoms with E-state index in [1.165, 1.54) is 7.11 Å². The highest BCUT2D eigenvalue weighted by Crippen LogP contribution is 2.34. The molecule has 2 heterocycles. The average Bonchev–Trinajstić information content (AvgIpc) is 2.69. The quantitative estimate of drug-likeness (QED) is 0.643. The second-order valence-electron chi connectivity index (χ2n) is 7.00. The predicted octanol–water partition coefficient (Wildman–Crippen LogP) is 0.405. The lowest BCUT2D eigenvalue weighted by atomic mass is 9.96. The van der Waals surface area contributed by atoms with Crippen molar-refractivity contribution in [3.05, 3.63) is 23.8 Å². The van der Waals surface area contributed by atoms with Gasteiger partial charge in [-0.1, -0.05) is 6.07 Å². The lowest BCUT2D eigenvalue weighted by Gasteiger charge is -2.34. The number of ether oxygens (including phenoxy) is 1. The van der Waals surface area contributed by atoms with Crippen molar-refractivity contribution in [2.75, 3.05) is 31.6 Å². The number of carbonyl (C=O) groups is 3. The van der Waals surface area contributed by atoms with Crippen molar-refractivity contribution < 1.29 is 19.1 Å². The number of nitrogens with two attached hydrogens (primary N) is 1. The van der Waals surface area contributed by atoms with Crippen molar-refractivity contribution in [1.29, 1.82) is 0 Å². The van der Waals surface area contributed by atoms with Gasteiger partial charge >= 0.3 is 0 Å². The molecule has 8 nitrogen and oxygen atoms in total. The van der Waals surface area contributed by atoms with Crippen molar-refractivity contribution in [3.8, 4) is 5.75 Å². The molecule has 0 radical (unpaired) electrons. The van der Waals surface area contributed by atoms with Crippen LogP contribution in [-0.4, -0.2) is 50.5 Å². The summed E-state index contributed by atoms with van der Waals surface area (Å²) in [5.74, 6) is -0.149. The van der Waals surface area contributed by atoms with Crippen molar-refractivity contribution in [2.24, 2.45) is 11.7 Å². The molecule has 3 rings (SSSR count). The monoisotopic (exact) mass is 374 g/mol. The molecule has 8 heteroatoms. The second kappa shape index (κ2) is 8.39. The van der Waals surface area contributed by atoms with Gasteiger partial charge in [0.1, 0.15) is 6.04 Å². The Morgan fingerprint density at radius 1 is 1.30 bits per heavy atom. The van der Waals surface area contributed by atoms with Gasteiger partial charge in [0.2, 0.25) is 11.8 Å². The topological polar surface area (TPSA) is 114 Å². The molecule has 1 atom stereocenters. The van der Waals surface area contributed by atoms with E-state index in [4.69, 9.17) is 10.5 Å². The standard InChI is InChI=1S/C19H26N4O4/c1-27-17-13(18(25)21-14-5-6-16(24)22-19(14)26)3-2-4-15(17)23-9-7-12(11-20)8-10-23/h2-4,12,14H,5-11,20H2,1H3,(H,21,25)(H,22,24,26). The normalized spacial score (nSPS) is 21.0. The SMILES string of the molecule is COc1c(C(=O)NC2CCC(=O)NC2=O)cccc1N1CCC(CN)CC1. The number of nitrogens with one attached hydrogen (secondary N) is 2. The number of rotatable bonds is 5. The highest BCUT2D eigenvalue weighted by atomic mass is 16.5. The van der Waals surface area contributed by atoms with E-state index in [0.717, 1.165) is 31.6 Å². The van der Waals surface area contributed by atoms with Gasteiger partial charge in [-0.3, -0.25) is 19.7 Å². The average molecular weight is 374 g/mol. The Balaban J connectivity index is 1.76. The molecule has 1 aromatic rings. The fourth-order valence-electron chi connectivity index (χ4n) is 3.64. The lowest BCUT2D eigenvalue weighted by molar-refractivity contribution is -0.134. The Hall–Kier alpha value is -2.61. The Labute approximate surface area is 158 Å². The summed E-state index contributed by atoms with van der Waals surface area (Å²) >= 11 is 0. The van der Waals surface area contributed by atoms with Gasteiger partial charge in [0, 0.05) is 19.5 Å². The molecule has 0 bridgehead atoms. The first kappa shape index (κ1) is 19.2. The van der Waals surface area contributed by atoms with Crippen LogP contribution in [0.3, 0.4) is 0 Å². The van der Waals surface area contributed by atoms with E-state index >= 15 is 0 Å². The Morgan fingerprint density at radius 2 is 2.04 bits per heavy atom. The largest absolute Gasteiger partial charge is 0.494 e. The van der Waals surface area contributed by atoms with Crippen LogP contribution in [0.4, 0.5) is 5.69 Å². The van der Waals surface area contributed by atoms with Crippen LogP contribution in [0.15, 0.2) is 18.2 Å². The minimum atomic E-state index is -0.719. The molecule has 2 aliphatic heterocycles. The maximum Gasteiger partial charge on any atom is 0.255 e. The summed E-state index contributed by atoms with van der Waals surface area (Å²) in [5, 5.41) is 4.95. The smallest absolute Gasteiger partial charge is 0.255 e. The van der Waals surface area contributed by atoms with E-state index in [1.54, 1.807) is 6.07 Å². The summed E-state index contributed by atoms with van der Waals surface area (Å²) in [6, 6.07) is 4.70. The number of carbonyl (C=O) groups excluding carboxylic acids is 3. The van der Waals surface area contributed by atoms with Crippen LogP contribution >= 0.6 is 0 Å². The summed E-state index contributed by atoms with van der Waals surface area (Å²) in [5.41, 5.74) is 7.01. The van der Waals surface area contributed by atoms with E-state index in [2.05, 4.69) is 15.5 Å². The van der Waals surface area contributed by atoms with Crippen molar-refractivity contribution >= 4 is 23.4 Å². The summed E-state index contributed by atoms with van der Waals surface area (Å²) in [7, 11) is 1.54. The number of hydrogen-bond acceptors (Lipinski definition) is 6. The second-order valence-corrected chi connectivity index (χ2v) is 7.00. The van der Waals surface area contributed by atoms with Gasteiger partial charge in [0.05, 0.1) is 18.4 Å². The number of anilines is 1. The summed E-state index contributed by atoms with van der Waals surface area (Å²) in [4.78, 5) is 38.1. The Bertz CT molecular complexity index is 728. The van der Waals surface area contributed by atoms with E-state index in [0.29, 0.717) is 30.2 Å². The minimum absolute atomic E-state index is 0.212. The zero-order valence-electron chi connectivity index (χ0n) is 15.5. The van der Waals surface area contributed by atoms with Crippen molar-refractivity contribution in [2.45, 2.75) is 31.7 Å². The van der Waals surface area contributed by atoms with Crippen molar-refractivity contribution in [1.82, 2.24) is 10.6 Å². The number of hydrogen-bond donors (Lipinski definition) is 3. The predicted molar refractivity (Wildman–Crippen MR) is 101 cm³/mol. The molecule has 0 aromatic heterocycles. The Kier molecular flexibility index (Phi) is 5.95. The maximum absolute atomic E-state index is 12.8. The molecule has 0 aliphatic carbocycles. The molecule has 4 N–H and O–H groups in total. The fourth-order valence-corrected chi connectivity index (χ4v) is 3.64. The number of benzene rings is 1. The van der Waals surface area contributed by atoms with E-state index in [-0.39, 0.29) is 18.2 Å². The molecule has 2 aliphatic rings. The molecule has 0 spiro atoms. The molecular formula is C19H26N4O4. The third-order valence-electron chi connectivity index (χ3n) is 5.28. The molecule has 146 valence electrons. The van der Waals surface area contributed by atoms with Gasteiger partial charge in [0.15, 0.2) is 5.75 Å². The molecule has 27 heavy (non-hydrogen) atoms. The van der Waals surface area contributed by atoms with Crippen LogP contribution in [-0.2, 0) is 9.59 Å². The zero-order valence-corrected chi connectivity index (χ0v) is 15.5. The summed E-state index contributed by atoms with van der Waals surface area (Å²) in [6.07, 6.45) is 2.52. The highest BCUT2D eigenvalue weighted by Gasteiger charge is 2.30. The number of nitrogens with zero attached hydrogens (tertiary/aromatic N) is 1. The third kappa shape index (κ3) is 4.21. The van der Waals surface area contributed by atoms with E-state index in [1.807, 2.05) is 12.1 Å². The van der Waals surface area contributed by atoms with Crippen LogP contribution in [0, 0.1) is 5.92 Å². The third-order valence-corrected chi connectivity index (χ3v) is 5.28. The fraction of sp³-hybridized carbons (Fsp3) is 0.526. The van der Waals surface area contributed by atoms with Crippen LogP contribution < -0.4 is 26.0 Å². The van der Waals surface area contributed by atoms with E-state index in [9.17, 15) is 14.4 Å². The highest BCUT2D eigenvalue weighted by molar-refractivity contribution is 6.05. The Morgan fingerprint density at radius 3 is 2.67 bits per heavy atom.